The van der Waals surface area contributed by atoms with Gasteiger partial charge < -0.3 is 23.8 Å². The van der Waals surface area contributed by atoms with Crippen LogP contribution in [0.2, 0.25) is 0 Å². The molecule has 0 radical (unpaired) electrons. The van der Waals surface area contributed by atoms with Gasteiger partial charge in [0.2, 0.25) is 11.6 Å². The molecule has 0 N–H and O–H groups in total. The highest BCUT2D eigenvalue weighted by atomic mass is 16.5. The van der Waals surface area contributed by atoms with Crippen molar-refractivity contribution in [3.63, 3.8) is 0 Å². The fourth-order valence-corrected chi connectivity index (χ4v) is 3.61. The molecule has 0 atom stereocenters. The summed E-state index contributed by atoms with van der Waals surface area (Å²) in [5, 5.41) is 0. The minimum atomic E-state index is -0.0464. The van der Waals surface area contributed by atoms with E-state index in [0.29, 0.717) is 54.9 Å². The van der Waals surface area contributed by atoms with Gasteiger partial charge in [0, 0.05) is 44.5 Å². The Morgan fingerprint density at radius 2 is 1.73 bits per heavy atom. The molecule has 1 aromatic heterocycles. The first-order chi connectivity index (χ1) is 14.6. The zero-order chi connectivity index (χ0) is 21.5. The van der Waals surface area contributed by atoms with Gasteiger partial charge in [0.1, 0.15) is 5.56 Å². The van der Waals surface area contributed by atoms with Gasteiger partial charge in [-0.05, 0) is 25.1 Å². The van der Waals surface area contributed by atoms with Crippen molar-refractivity contribution in [3.05, 3.63) is 41.6 Å². The molecule has 1 aliphatic rings. The molecule has 8 heteroatoms. The minimum Gasteiger partial charge on any atom is -0.493 e. The second-order valence-corrected chi connectivity index (χ2v) is 6.85. The highest BCUT2D eigenvalue weighted by molar-refractivity contribution is 5.96. The molecule has 2 heterocycles. The quantitative estimate of drug-likeness (QED) is 0.656. The first-order valence-electron chi connectivity index (χ1n) is 10.00. The largest absolute Gasteiger partial charge is 0.493 e. The van der Waals surface area contributed by atoms with Crippen LogP contribution in [0.4, 0.5) is 0 Å². The highest BCUT2D eigenvalue weighted by Crippen LogP contribution is 2.40. The first kappa shape index (κ1) is 21.7. The average Bonchev–Trinajstić information content (AvgIpc) is 2.79. The minimum absolute atomic E-state index is 0.0464. The van der Waals surface area contributed by atoms with Crippen molar-refractivity contribution < 1.29 is 23.7 Å². The number of pyridine rings is 1. The number of hydrogen-bond donors (Lipinski definition) is 0. The summed E-state index contributed by atoms with van der Waals surface area (Å²) in [7, 11) is 4.83. The Labute approximate surface area is 177 Å². The van der Waals surface area contributed by atoms with E-state index in [-0.39, 0.29) is 5.91 Å². The third kappa shape index (κ3) is 4.59. The van der Waals surface area contributed by atoms with Crippen molar-refractivity contribution in [2.24, 2.45) is 0 Å². The Kier molecular flexibility index (Phi) is 7.35. The zero-order valence-electron chi connectivity index (χ0n) is 18.0. The molecule has 1 saturated heterocycles. The Morgan fingerprint density at radius 3 is 2.37 bits per heavy atom. The molecule has 0 unspecified atom stereocenters. The number of amides is 1. The van der Waals surface area contributed by atoms with Crippen LogP contribution in [0.15, 0.2) is 30.5 Å². The lowest BCUT2D eigenvalue weighted by molar-refractivity contribution is 0.0622. The maximum Gasteiger partial charge on any atom is 0.259 e. The SMILES string of the molecule is CCOc1ncccc1C(=O)N1CCN(Cc2ccc(OC)c(OC)c2OC)CC1. The topological polar surface area (TPSA) is 73.4 Å². The van der Waals surface area contributed by atoms with Gasteiger partial charge in [-0.25, -0.2) is 4.98 Å². The molecule has 0 bridgehead atoms. The molecule has 162 valence electrons. The van der Waals surface area contributed by atoms with Crippen molar-refractivity contribution in [3.8, 4) is 23.1 Å². The van der Waals surface area contributed by atoms with E-state index in [2.05, 4.69) is 9.88 Å². The molecular formula is C22H29N3O5. The molecule has 1 amide bonds. The lowest BCUT2D eigenvalue weighted by atomic mass is 10.1. The molecule has 30 heavy (non-hydrogen) atoms. The van der Waals surface area contributed by atoms with E-state index < -0.39 is 0 Å². The summed E-state index contributed by atoms with van der Waals surface area (Å²) in [6.07, 6.45) is 1.64. The summed E-state index contributed by atoms with van der Waals surface area (Å²) in [5.41, 5.74) is 1.52. The van der Waals surface area contributed by atoms with Crippen LogP contribution >= 0.6 is 0 Å². The number of hydrogen-bond acceptors (Lipinski definition) is 7. The van der Waals surface area contributed by atoms with E-state index in [1.54, 1.807) is 39.7 Å². The molecule has 0 aliphatic carbocycles. The van der Waals surface area contributed by atoms with Crippen molar-refractivity contribution >= 4 is 5.91 Å². The van der Waals surface area contributed by atoms with Crippen LogP contribution < -0.4 is 18.9 Å². The molecule has 0 saturated carbocycles. The second-order valence-electron chi connectivity index (χ2n) is 6.85. The van der Waals surface area contributed by atoms with E-state index in [1.807, 2.05) is 24.0 Å². The van der Waals surface area contributed by atoms with Crippen molar-refractivity contribution in [2.45, 2.75) is 13.5 Å². The third-order valence-electron chi connectivity index (χ3n) is 5.12. The number of carbonyl (C=O) groups is 1. The van der Waals surface area contributed by atoms with Crippen LogP contribution in [0.5, 0.6) is 23.1 Å². The molecule has 1 aliphatic heterocycles. The lowest BCUT2D eigenvalue weighted by Gasteiger charge is -2.35. The second kappa shape index (κ2) is 10.2. The lowest BCUT2D eigenvalue weighted by Crippen LogP contribution is -2.48. The number of rotatable bonds is 8. The summed E-state index contributed by atoms with van der Waals surface area (Å²) >= 11 is 0. The zero-order valence-corrected chi connectivity index (χ0v) is 18.0. The van der Waals surface area contributed by atoms with Gasteiger partial charge >= 0.3 is 0 Å². The summed E-state index contributed by atoms with van der Waals surface area (Å²) in [6, 6.07) is 7.40. The number of piperazine rings is 1. The van der Waals surface area contributed by atoms with Gasteiger partial charge in [-0.3, -0.25) is 9.69 Å². The van der Waals surface area contributed by atoms with Gasteiger partial charge in [0.25, 0.3) is 5.91 Å². The molecule has 1 fully saturated rings. The standard InChI is InChI=1S/C22H29N3O5/c1-5-30-21-17(7-6-10-23-21)22(26)25-13-11-24(12-14-25)15-16-8-9-18(27-2)20(29-4)19(16)28-3/h6-10H,5,11-15H2,1-4H3. The number of benzene rings is 1. The summed E-state index contributed by atoms with van der Waals surface area (Å²) in [4.78, 5) is 21.3. The van der Waals surface area contributed by atoms with Crippen LogP contribution in [-0.4, -0.2) is 74.8 Å². The van der Waals surface area contributed by atoms with Crippen molar-refractivity contribution in [1.82, 2.24) is 14.8 Å². The van der Waals surface area contributed by atoms with E-state index in [9.17, 15) is 4.79 Å². The summed E-state index contributed by atoms with van der Waals surface area (Å²) in [6.45, 7) is 5.83. The smallest absolute Gasteiger partial charge is 0.259 e. The molecule has 2 aromatic rings. The van der Waals surface area contributed by atoms with Crippen molar-refractivity contribution in [1.29, 1.82) is 0 Å². The third-order valence-corrected chi connectivity index (χ3v) is 5.12. The predicted molar refractivity (Wildman–Crippen MR) is 113 cm³/mol. The van der Waals surface area contributed by atoms with E-state index in [0.717, 1.165) is 18.7 Å². The van der Waals surface area contributed by atoms with Gasteiger partial charge in [-0.2, -0.15) is 0 Å². The van der Waals surface area contributed by atoms with Gasteiger partial charge in [0.15, 0.2) is 11.5 Å². The number of carbonyl (C=O) groups excluding carboxylic acids is 1. The molecule has 8 nitrogen and oxygen atoms in total. The van der Waals surface area contributed by atoms with Crippen molar-refractivity contribution in [2.75, 3.05) is 54.1 Å². The monoisotopic (exact) mass is 415 g/mol. The molecule has 3 rings (SSSR count). The van der Waals surface area contributed by atoms with Crippen LogP contribution in [0, 0.1) is 0 Å². The fraction of sp³-hybridized carbons (Fsp3) is 0.455. The predicted octanol–water partition coefficient (Wildman–Crippen LogP) is 2.46. The number of aromatic nitrogens is 1. The maximum absolute atomic E-state index is 13.0. The maximum atomic E-state index is 13.0. The Balaban J connectivity index is 1.66. The fourth-order valence-electron chi connectivity index (χ4n) is 3.61. The van der Waals surface area contributed by atoms with Gasteiger partial charge in [0.05, 0.1) is 27.9 Å². The van der Waals surface area contributed by atoms with E-state index >= 15 is 0 Å². The number of ether oxygens (including phenoxy) is 4. The number of methoxy groups -OCH3 is 3. The molecular weight excluding hydrogens is 386 g/mol. The van der Waals surface area contributed by atoms with E-state index in [1.165, 1.54) is 0 Å². The Hall–Kier alpha value is -3.00. The van der Waals surface area contributed by atoms with Gasteiger partial charge in [-0.15, -0.1) is 0 Å². The van der Waals surface area contributed by atoms with Crippen LogP contribution in [-0.2, 0) is 6.54 Å². The molecule has 0 spiro atoms. The first-order valence-corrected chi connectivity index (χ1v) is 10.00. The normalized spacial score (nSPS) is 14.3. The van der Waals surface area contributed by atoms with Crippen LogP contribution in [0.3, 0.4) is 0 Å². The Morgan fingerprint density at radius 1 is 1.00 bits per heavy atom. The summed E-state index contributed by atoms with van der Waals surface area (Å²) < 4.78 is 21.9. The molecule has 1 aromatic carbocycles. The number of nitrogens with zero attached hydrogens (tertiary/aromatic N) is 3. The average molecular weight is 415 g/mol. The highest BCUT2D eigenvalue weighted by Gasteiger charge is 2.26. The Bertz CT molecular complexity index is 866. The van der Waals surface area contributed by atoms with Gasteiger partial charge in [-0.1, -0.05) is 6.07 Å². The van der Waals surface area contributed by atoms with Crippen LogP contribution in [0.25, 0.3) is 0 Å². The summed E-state index contributed by atoms with van der Waals surface area (Å²) in [5.74, 6) is 2.24. The van der Waals surface area contributed by atoms with E-state index in [4.69, 9.17) is 18.9 Å². The van der Waals surface area contributed by atoms with Crippen LogP contribution in [0.1, 0.15) is 22.8 Å².